The van der Waals surface area contributed by atoms with Crippen LogP contribution < -0.4 is 10.1 Å². The molecule has 1 aromatic carbocycles. The lowest BCUT2D eigenvalue weighted by Gasteiger charge is -2.21. The summed E-state index contributed by atoms with van der Waals surface area (Å²) in [4.78, 5) is 27.1. The fourth-order valence-electron chi connectivity index (χ4n) is 3.01. The van der Waals surface area contributed by atoms with Crippen molar-refractivity contribution in [2.75, 3.05) is 40.3 Å². The lowest BCUT2D eigenvalue weighted by Crippen LogP contribution is -2.41. The van der Waals surface area contributed by atoms with Crippen molar-refractivity contribution in [3.8, 4) is 5.75 Å². The summed E-state index contributed by atoms with van der Waals surface area (Å²) in [5, 5.41) is 2.94. The number of urea groups is 1. The predicted molar refractivity (Wildman–Crippen MR) is 97.7 cm³/mol. The average molecular weight is 347 g/mol. The zero-order valence-electron chi connectivity index (χ0n) is 15.5. The molecule has 6 nitrogen and oxygen atoms in total. The molecule has 0 aromatic heterocycles. The van der Waals surface area contributed by atoms with Crippen LogP contribution in [0.2, 0.25) is 0 Å². The number of carbonyl (C=O) groups is 2. The first-order valence-corrected chi connectivity index (χ1v) is 8.94. The number of nitrogens with zero attached hydrogens (tertiary/aromatic N) is 2. The minimum atomic E-state index is -0.0969. The van der Waals surface area contributed by atoms with Gasteiger partial charge in [-0.25, -0.2) is 4.79 Å². The molecule has 0 spiro atoms. The standard InChI is InChI=1S/C19H29N3O3/c1-4-10-25-17-7-5-6-15(11-17)8-9-20-19(24)22(3)14-16-12-18(23)21(2)13-16/h5-7,11,16H,4,8-10,12-14H2,1-3H3,(H,20,24)/t16-/m1/s1. The summed E-state index contributed by atoms with van der Waals surface area (Å²) in [5.41, 5.74) is 1.14. The number of rotatable bonds is 8. The summed E-state index contributed by atoms with van der Waals surface area (Å²) < 4.78 is 5.63. The second-order valence-corrected chi connectivity index (χ2v) is 6.70. The molecule has 0 aliphatic carbocycles. The summed E-state index contributed by atoms with van der Waals surface area (Å²) >= 11 is 0. The van der Waals surface area contributed by atoms with Crippen LogP contribution in [0.25, 0.3) is 0 Å². The van der Waals surface area contributed by atoms with Crippen LogP contribution in [0.1, 0.15) is 25.3 Å². The van der Waals surface area contributed by atoms with Crippen LogP contribution in [0, 0.1) is 5.92 Å². The molecule has 2 rings (SSSR count). The highest BCUT2D eigenvalue weighted by Crippen LogP contribution is 2.17. The van der Waals surface area contributed by atoms with Gasteiger partial charge in [0.15, 0.2) is 0 Å². The Kier molecular flexibility index (Phi) is 7.10. The van der Waals surface area contributed by atoms with Crippen LogP contribution in [-0.2, 0) is 11.2 Å². The van der Waals surface area contributed by atoms with E-state index in [-0.39, 0.29) is 17.9 Å². The first kappa shape index (κ1) is 19.1. The van der Waals surface area contributed by atoms with Crippen molar-refractivity contribution < 1.29 is 14.3 Å². The van der Waals surface area contributed by atoms with Gasteiger partial charge in [-0.15, -0.1) is 0 Å². The van der Waals surface area contributed by atoms with Crippen molar-refractivity contribution in [1.82, 2.24) is 15.1 Å². The average Bonchev–Trinajstić information content (AvgIpc) is 2.90. The summed E-state index contributed by atoms with van der Waals surface area (Å²) in [6, 6.07) is 7.88. The van der Waals surface area contributed by atoms with E-state index in [1.54, 1.807) is 23.9 Å². The smallest absolute Gasteiger partial charge is 0.317 e. The molecule has 0 saturated carbocycles. The Balaban J connectivity index is 1.72. The zero-order valence-corrected chi connectivity index (χ0v) is 15.5. The molecule has 6 heteroatoms. The largest absolute Gasteiger partial charge is 0.494 e. The SMILES string of the molecule is CCCOc1cccc(CCNC(=O)N(C)C[C@@H]2CC(=O)N(C)C2)c1. The lowest BCUT2D eigenvalue weighted by atomic mass is 10.1. The van der Waals surface area contributed by atoms with Crippen LogP contribution >= 0.6 is 0 Å². The lowest BCUT2D eigenvalue weighted by molar-refractivity contribution is -0.126. The van der Waals surface area contributed by atoms with E-state index in [1.807, 2.05) is 24.3 Å². The molecule has 0 unspecified atom stereocenters. The van der Waals surface area contributed by atoms with Gasteiger partial charge >= 0.3 is 6.03 Å². The van der Waals surface area contributed by atoms with Crippen molar-refractivity contribution in [2.24, 2.45) is 5.92 Å². The molecule has 1 aliphatic rings. The quantitative estimate of drug-likeness (QED) is 0.784. The molecule has 0 radical (unpaired) electrons. The molecule has 0 bridgehead atoms. The fourth-order valence-corrected chi connectivity index (χ4v) is 3.01. The third-order valence-corrected chi connectivity index (χ3v) is 4.36. The summed E-state index contributed by atoms with van der Waals surface area (Å²) in [7, 11) is 3.58. The molecule has 138 valence electrons. The molecule has 1 heterocycles. The topological polar surface area (TPSA) is 61.9 Å². The third-order valence-electron chi connectivity index (χ3n) is 4.36. The van der Waals surface area contributed by atoms with E-state index < -0.39 is 0 Å². The number of carbonyl (C=O) groups excluding carboxylic acids is 2. The van der Waals surface area contributed by atoms with Gasteiger partial charge in [-0.2, -0.15) is 0 Å². The number of nitrogens with one attached hydrogen (secondary N) is 1. The number of hydrogen-bond acceptors (Lipinski definition) is 3. The zero-order chi connectivity index (χ0) is 18.2. The minimum absolute atomic E-state index is 0.0969. The van der Waals surface area contributed by atoms with Crippen LogP contribution in [-0.4, -0.2) is 62.1 Å². The normalized spacial score (nSPS) is 16.8. The van der Waals surface area contributed by atoms with E-state index in [1.165, 1.54) is 0 Å². The maximum atomic E-state index is 12.2. The molecule has 3 amide bonds. The van der Waals surface area contributed by atoms with Gasteiger partial charge in [0.25, 0.3) is 0 Å². The van der Waals surface area contributed by atoms with E-state index >= 15 is 0 Å². The van der Waals surface area contributed by atoms with Gasteiger partial charge in [0.05, 0.1) is 6.61 Å². The summed E-state index contributed by atoms with van der Waals surface area (Å²) in [6.45, 7) is 4.69. The molecule has 1 aliphatic heterocycles. The van der Waals surface area contributed by atoms with Gasteiger partial charge in [0.1, 0.15) is 5.75 Å². The van der Waals surface area contributed by atoms with E-state index in [9.17, 15) is 9.59 Å². The predicted octanol–water partition coefficient (Wildman–Crippen LogP) is 2.14. The molecule has 1 atom stereocenters. The van der Waals surface area contributed by atoms with Gasteiger partial charge < -0.3 is 19.9 Å². The van der Waals surface area contributed by atoms with Crippen LogP contribution in [0.5, 0.6) is 5.75 Å². The van der Waals surface area contributed by atoms with Crippen molar-refractivity contribution in [2.45, 2.75) is 26.2 Å². The van der Waals surface area contributed by atoms with Gasteiger partial charge in [0.2, 0.25) is 5.91 Å². The number of hydrogen-bond donors (Lipinski definition) is 1. The van der Waals surface area contributed by atoms with Crippen LogP contribution in [0.4, 0.5) is 4.79 Å². The number of amides is 3. The fraction of sp³-hybridized carbons (Fsp3) is 0.579. The Hall–Kier alpha value is -2.24. The van der Waals surface area contributed by atoms with Gasteiger partial charge in [-0.3, -0.25) is 4.79 Å². The number of ether oxygens (including phenoxy) is 1. The highest BCUT2D eigenvalue weighted by Gasteiger charge is 2.28. The highest BCUT2D eigenvalue weighted by molar-refractivity contribution is 5.78. The minimum Gasteiger partial charge on any atom is -0.494 e. The second kappa shape index (κ2) is 9.30. The Morgan fingerprint density at radius 1 is 1.44 bits per heavy atom. The molecule has 25 heavy (non-hydrogen) atoms. The molecular formula is C19H29N3O3. The molecule has 1 N–H and O–H groups in total. The molecule has 1 saturated heterocycles. The summed E-state index contributed by atoms with van der Waals surface area (Å²) in [6.07, 6.45) is 2.27. The molecule has 1 fully saturated rings. The maximum Gasteiger partial charge on any atom is 0.317 e. The van der Waals surface area contributed by atoms with E-state index in [4.69, 9.17) is 4.74 Å². The third kappa shape index (κ3) is 5.96. The molecular weight excluding hydrogens is 318 g/mol. The van der Waals surface area contributed by atoms with E-state index in [0.717, 1.165) is 30.7 Å². The van der Waals surface area contributed by atoms with Crippen LogP contribution in [0.15, 0.2) is 24.3 Å². The second-order valence-electron chi connectivity index (χ2n) is 6.70. The van der Waals surface area contributed by atoms with Crippen molar-refractivity contribution >= 4 is 11.9 Å². The van der Waals surface area contributed by atoms with E-state index in [2.05, 4.69) is 12.2 Å². The van der Waals surface area contributed by atoms with Crippen molar-refractivity contribution in [1.29, 1.82) is 0 Å². The maximum absolute atomic E-state index is 12.2. The van der Waals surface area contributed by atoms with Crippen molar-refractivity contribution in [3.63, 3.8) is 0 Å². The van der Waals surface area contributed by atoms with Crippen molar-refractivity contribution in [3.05, 3.63) is 29.8 Å². The Morgan fingerprint density at radius 3 is 2.92 bits per heavy atom. The monoisotopic (exact) mass is 347 g/mol. The van der Waals surface area contributed by atoms with Crippen LogP contribution in [0.3, 0.4) is 0 Å². The van der Waals surface area contributed by atoms with E-state index in [0.29, 0.717) is 26.1 Å². The first-order valence-electron chi connectivity index (χ1n) is 8.94. The summed E-state index contributed by atoms with van der Waals surface area (Å²) in [5.74, 6) is 1.25. The Morgan fingerprint density at radius 2 is 2.24 bits per heavy atom. The van der Waals surface area contributed by atoms with Gasteiger partial charge in [-0.05, 0) is 30.5 Å². The number of likely N-dealkylation sites (tertiary alicyclic amines) is 1. The first-order chi connectivity index (χ1) is 12.0. The van der Waals surface area contributed by atoms with Gasteiger partial charge in [0, 0.05) is 46.1 Å². The Labute approximate surface area is 150 Å². The molecule has 1 aromatic rings. The number of benzene rings is 1. The Bertz CT molecular complexity index is 591. The van der Waals surface area contributed by atoms with Gasteiger partial charge in [-0.1, -0.05) is 19.1 Å². The highest BCUT2D eigenvalue weighted by atomic mass is 16.5.